The summed E-state index contributed by atoms with van der Waals surface area (Å²) in [6.45, 7) is -0.0622. The van der Waals surface area contributed by atoms with Crippen molar-refractivity contribution in [3.63, 3.8) is 0 Å². The average molecular weight is 416 g/mol. The Kier molecular flexibility index (Phi) is 13.5. The maximum absolute atomic E-state index is 12.3. The normalized spacial score (nSPS) is 12.3. The Labute approximate surface area is 169 Å². The number of carboxylic acid groups (broad SMARTS) is 1. The zero-order valence-corrected chi connectivity index (χ0v) is 16.4. The van der Waals surface area contributed by atoms with Crippen molar-refractivity contribution in [1.29, 1.82) is 0 Å². The molecular weight excluding hydrogens is 384 g/mol. The lowest BCUT2D eigenvalue weighted by Crippen LogP contribution is -2.51. The summed E-state index contributed by atoms with van der Waals surface area (Å²) < 4.78 is 0. The van der Waals surface area contributed by atoms with Crippen molar-refractivity contribution < 1.29 is 24.3 Å². The summed E-state index contributed by atoms with van der Waals surface area (Å²) >= 11 is 0. The number of guanidine groups is 1. The lowest BCUT2D eigenvalue weighted by Gasteiger charge is -2.19. The highest BCUT2D eigenvalue weighted by atomic mass is 16.4. The number of nitrogens with two attached hydrogens (primary N) is 4. The van der Waals surface area contributed by atoms with Crippen LogP contribution >= 0.6 is 0 Å². The summed E-state index contributed by atoms with van der Waals surface area (Å²) in [6.07, 6.45) is 2.02. The van der Waals surface area contributed by atoms with Crippen LogP contribution in [0, 0.1) is 0 Å². The molecule has 13 nitrogen and oxygen atoms in total. The first kappa shape index (κ1) is 26.1. The molecule has 0 aliphatic rings. The molecule has 0 aromatic carbocycles. The zero-order chi connectivity index (χ0) is 22.2. The molecule has 0 aromatic rings. The first-order valence-electron chi connectivity index (χ1n) is 9.26. The second kappa shape index (κ2) is 15.0. The molecule has 3 amide bonds. The van der Waals surface area contributed by atoms with Crippen molar-refractivity contribution in [3.8, 4) is 0 Å². The van der Waals surface area contributed by atoms with Gasteiger partial charge in [0, 0.05) is 6.54 Å². The lowest BCUT2D eigenvalue weighted by atomic mass is 10.1. The van der Waals surface area contributed by atoms with E-state index in [1.165, 1.54) is 0 Å². The molecule has 0 fully saturated rings. The molecule has 29 heavy (non-hydrogen) atoms. The van der Waals surface area contributed by atoms with E-state index in [1.807, 2.05) is 0 Å². The van der Waals surface area contributed by atoms with Gasteiger partial charge in [0.1, 0.15) is 12.1 Å². The summed E-state index contributed by atoms with van der Waals surface area (Å²) in [6, 6.07) is -2.01. The number of carbonyl (C=O) groups is 4. The molecule has 2 atom stereocenters. The van der Waals surface area contributed by atoms with E-state index < -0.39 is 42.3 Å². The number of unbranched alkanes of at least 4 members (excludes halogenated alkanes) is 1. The van der Waals surface area contributed by atoms with Crippen molar-refractivity contribution in [2.24, 2.45) is 27.9 Å². The van der Waals surface area contributed by atoms with Crippen LogP contribution in [-0.4, -0.2) is 73.0 Å². The van der Waals surface area contributed by atoms with E-state index in [0.29, 0.717) is 25.8 Å². The fraction of sp³-hybridized carbons (Fsp3) is 0.688. The first-order valence-corrected chi connectivity index (χ1v) is 9.26. The van der Waals surface area contributed by atoms with E-state index in [0.717, 1.165) is 0 Å². The molecule has 0 saturated carbocycles. The van der Waals surface area contributed by atoms with Crippen LogP contribution in [0.2, 0.25) is 0 Å². The summed E-state index contributed by atoms with van der Waals surface area (Å²) in [5, 5.41) is 16.3. The topological polar surface area (TPSA) is 241 Å². The third-order valence-corrected chi connectivity index (χ3v) is 3.79. The van der Waals surface area contributed by atoms with Gasteiger partial charge in [-0.05, 0) is 38.6 Å². The maximum atomic E-state index is 12.3. The van der Waals surface area contributed by atoms with E-state index in [9.17, 15) is 19.2 Å². The van der Waals surface area contributed by atoms with E-state index >= 15 is 0 Å². The van der Waals surface area contributed by atoms with Gasteiger partial charge < -0.3 is 44.0 Å². The molecule has 0 aromatic heterocycles. The van der Waals surface area contributed by atoms with Gasteiger partial charge in [0.15, 0.2) is 5.96 Å². The van der Waals surface area contributed by atoms with Crippen LogP contribution < -0.4 is 38.9 Å². The van der Waals surface area contributed by atoms with Crippen molar-refractivity contribution >= 4 is 29.7 Å². The van der Waals surface area contributed by atoms with Crippen molar-refractivity contribution in [3.05, 3.63) is 0 Å². The fourth-order valence-electron chi connectivity index (χ4n) is 2.31. The third-order valence-electron chi connectivity index (χ3n) is 3.79. The van der Waals surface area contributed by atoms with Crippen LogP contribution in [-0.2, 0) is 19.2 Å². The molecule has 0 spiro atoms. The fourth-order valence-corrected chi connectivity index (χ4v) is 2.31. The van der Waals surface area contributed by atoms with E-state index in [-0.39, 0.29) is 31.9 Å². The van der Waals surface area contributed by atoms with Crippen LogP contribution in [0.5, 0.6) is 0 Å². The Morgan fingerprint density at radius 3 is 2.07 bits per heavy atom. The average Bonchev–Trinajstić information content (AvgIpc) is 2.67. The second-order valence-corrected chi connectivity index (χ2v) is 6.23. The van der Waals surface area contributed by atoms with Crippen LogP contribution in [0.15, 0.2) is 4.99 Å². The molecule has 0 aliphatic heterocycles. The Morgan fingerprint density at radius 1 is 0.897 bits per heavy atom. The molecule has 166 valence electrons. The smallest absolute Gasteiger partial charge is 0.326 e. The minimum Gasteiger partial charge on any atom is -0.480 e. The largest absolute Gasteiger partial charge is 0.480 e. The minimum absolute atomic E-state index is 0.0897. The van der Waals surface area contributed by atoms with Gasteiger partial charge in [0.2, 0.25) is 17.7 Å². The summed E-state index contributed by atoms with van der Waals surface area (Å²) in [5.74, 6) is -3.07. The quantitative estimate of drug-likeness (QED) is 0.0742. The number of nitrogens with zero attached hydrogens (tertiary/aromatic N) is 1. The van der Waals surface area contributed by atoms with Crippen LogP contribution in [0.3, 0.4) is 0 Å². The molecule has 0 radical (unpaired) electrons. The molecule has 0 rings (SSSR count). The molecular formula is C16H32N8O5. The number of carboxylic acids is 1. The van der Waals surface area contributed by atoms with Crippen LogP contribution in [0.1, 0.15) is 32.1 Å². The molecule has 0 aliphatic carbocycles. The summed E-state index contributed by atoms with van der Waals surface area (Å²) in [5.41, 5.74) is 21.1. The van der Waals surface area contributed by atoms with Gasteiger partial charge in [-0.15, -0.1) is 0 Å². The molecule has 0 heterocycles. The highest BCUT2D eigenvalue weighted by Crippen LogP contribution is 2.01. The van der Waals surface area contributed by atoms with Gasteiger partial charge in [-0.1, -0.05) is 0 Å². The molecule has 0 bridgehead atoms. The second-order valence-electron chi connectivity index (χ2n) is 6.23. The van der Waals surface area contributed by atoms with Crippen molar-refractivity contribution in [2.75, 3.05) is 26.2 Å². The Bertz CT molecular complexity index is 580. The SMILES string of the molecule is NCCCCC(NC(=O)CNC(=O)C(CCCN=C(N)N)NC(=O)CN)C(=O)O. The lowest BCUT2D eigenvalue weighted by molar-refractivity contribution is -0.142. The number of hydrogen-bond donors (Lipinski definition) is 8. The van der Waals surface area contributed by atoms with Gasteiger partial charge in [-0.3, -0.25) is 19.4 Å². The highest BCUT2D eigenvalue weighted by Gasteiger charge is 2.22. The van der Waals surface area contributed by atoms with Gasteiger partial charge in [0.25, 0.3) is 0 Å². The monoisotopic (exact) mass is 416 g/mol. The van der Waals surface area contributed by atoms with Gasteiger partial charge in [-0.2, -0.15) is 0 Å². The van der Waals surface area contributed by atoms with Gasteiger partial charge in [-0.25, -0.2) is 4.79 Å². The molecule has 13 heteroatoms. The van der Waals surface area contributed by atoms with Crippen molar-refractivity contribution in [2.45, 2.75) is 44.2 Å². The van der Waals surface area contributed by atoms with Crippen molar-refractivity contribution in [1.82, 2.24) is 16.0 Å². The summed E-state index contributed by atoms with van der Waals surface area (Å²) in [4.78, 5) is 50.8. The molecule has 12 N–H and O–H groups in total. The van der Waals surface area contributed by atoms with E-state index in [2.05, 4.69) is 20.9 Å². The Morgan fingerprint density at radius 2 is 1.52 bits per heavy atom. The molecule has 0 saturated heterocycles. The van der Waals surface area contributed by atoms with Gasteiger partial charge >= 0.3 is 5.97 Å². The number of nitrogens with one attached hydrogen (secondary N) is 3. The summed E-state index contributed by atoms with van der Waals surface area (Å²) in [7, 11) is 0. The minimum atomic E-state index is -1.17. The predicted octanol–water partition coefficient (Wildman–Crippen LogP) is -3.70. The number of amides is 3. The molecule has 2 unspecified atom stereocenters. The maximum Gasteiger partial charge on any atom is 0.326 e. The van der Waals surface area contributed by atoms with Crippen LogP contribution in [0.4, 0.5) is 0 Å². The zero-order valence-electron chi connectivity index (χ0n) is 16.4. The first-order chi connectivity index (χ1) is 13.7. The number of rotatable bonds is 15. The predicted molar refractivity (Wildman–Crippen MR) is 106 cm³/mol. The van der Waals surface area contributed by atoms with E-state index in [4.69, 9.17) is 28.0 Å². The third kappa shape index (κ3) is 13.0. The van der Waals surface area contributed by atoms with Crippen LogP contribution in [0.25, 0.3) is 0 Å². The number of aliphatic carboxylic acids is 1. The Hall–Kier alpha value is -2.93. The number of carbonyl (C=O) groups excluding carboxylic acids is 3. The number of aliphatic imine (C=N–C) groups is 1. The van der Waals surface area contributed by atoms with E-state index in [1.54, 1.807) is 0 Å². The number of hydrogen-bond acceptors (Lipinski definition) is 7. The Balaban J connectivity index is 4.64. The van der Waals surface area contributed by atoms with Gasteiger partial charge in [0.05, 0.1) is 13.1 Å². The highest BCUT2D eigenvalue weighted by molar-refractivity contribution is 5.91. The standard InChI is InChI=1S/C16H32N8O5/c17-6-2-1-4-11(15(28)29)24-13(26)9-22-14(27)10(23-12(25)8-18)5-3-7-21-16(19)20/h10-11H,1-9,17-18H2,(H,22,27)(H,23,25)(H,24,26)(H,28,29)(H4,19,20,21).